The predicted molar refractivity (Wildman–Crippen MR) is 113 cm³/mol. The van der Waals surface area contributed by atoms with Gasteiger partial charge in [-0.05, 0) is 24.3 Å². The molecule has 5 nitrogen and oxygen atoms in total. The fraction of sp³-hybridized carbons (Fsp3) is 0.0952. The van der Waals surface area contributed by atoms with Crippen LogP contribution >= 0.6 is 23.4 Å². The summed E-state index contributed by atoms with van der Waals surface area (Å²) in [5.74, 6) is 0.903. The molecule has 142 valence electrons. The zero-order valence-electron chi connectivity index (χ0n) is 15.2. The third-order valence-electron chi connectivity index (χ3n) is 4.35. The van der Waals surface area contributed by atoms with Gasteiger partial charge < -0.3 is 14.8 Å². The molecule has 3 aromatic rings. The maximum atomic E-state index is 13.3. The molecule has 1 aliphatic heterocycles. The Labute approximate surface area is 172 Å². The van der Waals surface area contributed by atoms with Crippen molar-refractivity contribution in [1.82, 2.24) is 0 Å². The van der Waals surface area contributed by atoms with Crippen LogP contribution in [0.4, 0.5) is 21.9 Å². The van der Waals surface area contributed by atoms with Gasteiger partial charge in [-0.1, -0.05) is 47.6 Å². The first-order chi connectivity index (χ1) is 13.6. The van der Waals surface area contributed by atoms with E-state index in [4.69, 9.17) is 21.1 Å². The summed E-state index contributed by atoms with van der Waals surface area (Å²) in [6.07, 6.45) is 0. The molecule has 0 saturated carbocycles. The number of carbonyl (C=O) groups excluding carboxylic acids is 1. The largest absolute Gasteiger partial charge is 0.495 e. The lowest BCUT2D eigenvalue weighted by molar-refractivity contribution is 0.258. The first-order valence-electron chi connectivity index (χ1n) is 8.51. The number of nitrogens with one attached hydrogen (secondary N) is 1. The lowest BCUT2D eigenvalue weighted by Crippen LogP contribution is -2.32. The second-order valence-electron chi connectivity index (χ2n) is 5.99. The molecule has 2 amide bonds. The second kappa shape index (κ2) is 7.66. The maximum absolute atomic E-state index is 13.3. The number of methoxy groups -OCH3 is 2. The van der Waals surface area contributed by atoms with Crippen LogP contribution in [0.5, 0.6) is 11.5 Å². The lowest BCUT2D eigenvalue weighted by Gasteiger charge is -2.31. The van der Waals surface area contributed by atoms with Crippen molar-refractivity contribution in [2.75, 3.05) is 24.4 Å². The highest BCUT2D eigenvalue weighted by molar-refractivity contribution is 7.99. The Morgan fingerprint density at radius 1 is 0.929 bits per heavy atom. The van der Waals surface area contributed by atoms with Crippen molar-refractivity contribution in [1.29, 1.82) is 0 Å². The number of hydrogen-bond donors (Lipinski definition) is 1. The first kappa shape index (κ1) is 18.5. The van der Waals surface area contributed by atoms with Gasteiger partial charge >= 0.3 is 6.03 Å². The van der Waals surface area contributed by atoms with E-state index in [9.17, 15) is 4.79 Å². The summed E-state index contributed by atoms with van der Waals surface area (Å²) in [7, 11) is 3.05. The third-order valence-corrected chi connectivity index (χ3v) is 5.78. The van der Waals surface area contributed by atoms with Gasteiger partial charge in [-0.3, -0.25) is 4.90 Å². The Morgan fingerprint density at radius 2 is 1.50 bits per heavy atom. The molecule has 28 heavy (non-hydrogen) atoms. The van der Waals surface area contributed by atoms with E-state index in [1.165, 1.54) is 14.2 Å². The number of halogens is 1. The zero-order valence-corrected chi connectivity index (χ0v) is 16.8. The third kappa shape index (κ3) is 3.25. The molecule has 0 fully saturated rings. The van der Waals surface area contributed by atoms with E-state index in [1.807, 2.05) is 48.5 Å². The number of amides is 2. The van der Waals surface area contributed by atoms with Crippen LogP contribution in [0.15, 0.2) is 70.5 Å². The molecule has 0 bridgehead atoms. The van der Waals surface area contributed by atoms with Crippen molar-refractivity contribution in [3.05, 3.63) is 65.7 Å². The summed E-state index contributed by atoms with van der Waals surface area (Å²) >= 11 is 7.81. The van der Waals surface area contributed by atoms with Gasteiger partial charge in [0, 0.05) is 21.9 Å². The molecule has 0 radical (unpaired) electrons. The van der Waals surface area contributed by atoms with Crippen LogP contribution in [-0.2, 0) is 0 Å². The lowest BCUT2D eigenvalue weighted by atomic mass is 10.2. The highest BCUT2D eigenvalue weighted by Gasteiger charge is 2.28. The zero-order chi connectivity index (χ0) is 19.7. The molecular weight excluding hydrogens is 396 g/mol. The number of benzene rings is 3. The van der Waals surface area contributed by atoms with E-state index < -0.39 is 0 Å². The van der Waals surface area contributed by atoms with Gasteiger partial charge in [-0.15, -0.1) is 0 Å². The van der Waals surface area contributed by atoms with Crippen LogP contribution in [0.25, 0.3) is 0 Å². The molecule has 0 spiro atoms. The first-order valence-corrected chi connectivity index (χ1v) is 9.70. The van der Waals surface area contributed by atoms with Crippen LogP contribution < -0.4 is 19.7 Å². The summed E-state index contributed by atoms with van der Waals surface area (Å²) in [6.45, 7) is 0. The van der Waals surface area contributed by atoms with Gasteiger partial charge in [0.1, 0.15) is 11.5 Å². The molecule has 1 heterocycles. The molecular formula is C21H17ClN2O3S. The SMILES string of the molecule is COc1cc(NC(=O)N2c3ccccc3Sc3ccccc32)c(OC)cc1Cl. The van der Waals surface area contributed by atoms with Gasteiger partial charge in [-0.25, -0.2) is 4.79 Å². The average molecular weight is 413 g/mol. The Kier molecular flexibility index (Phi) is 5.07. The van der Waals surface area contributed by atoms with E-state index in [2.05, 4.69) is 5.32 Å². The Morgan fingerprint density at radius 3 is 2.07 bits per heavy atom. The van der Waals surface area contributed by atoms with Crippen LogP contribution in [0, 0.1) is 0 Å². The van der Waals surface area contributed by atoms with Crippen LogP contribution in [-0.4, -0.2) is 20.3 Å². The molecule has 0 aliphatic carbocycles. The highest BCUT2D eigenvalue weighted by atomic mass is 35.5. The summed E-state index contributed by atoms with van der Waals surface area (Å²) in [6, 6.07) is 18.6. The van der Waals surface area contributed by atoms with Crippen molar-refractivity contribution >= 4 is 46.5 Å². The Balaban J connectivity index is 1.76. The van der Waals surface area contributed by atoms with Crippen LogP contribution in [0.1, 0.15) is 0 Å². The monoisotopic (exact) mass is 412 g/mol. The number of nitrogens with zero attached hydrogens (tertiary/aromatic N) is 1. The molecule has 0 aromatic heterocycles. The number of urea groups is 1. The predicted octanol–water partition coefficient (Wildman–Crippen LogP) is 6.19. The number of rotatable bonds is 3. The number of hydrogen-bond acceptors (Lipinski definition) is 4. The number of fused-ring (bicyclic) bond motifs is 2. The topological polar surface area (TPSA) is 50.8 Å². The van der Waals surface area contributed by atoms with E-state index in [0.717, 1.165) is 21.2 Å². The molecule has 4 rings (SSSR count). The molecule has 0 unspecified atom stereocenters. The Hall–Kier alpha value is -2.83. The summed E-state index contributed by atoms with van der Waals surface area (Å²) < 4.78 is 10.6. The number of ether oxygens (including phenoxy) is 2. The van der Waals surface area contributed by atoms with Crippen molar-refractivity contribution in [2.24, 2.45) is 0 Å². The van der Waals surface area contributed by atoms with Gasteiger partial charge in [0.15, 0.2) is 0 Å². The molecule has 3 aromatic carbocycles. The maximum Gasteiger partial charge on any atom is 0.331 e. The number of carbonyl (C=O) groups is 1. The van der Waals surface area contributed by atoms with E-state index in [-0.39, 0.29) is 6.03 Å². The molecule has 0 saturated heterocycles. The minimum Gasteiger partial charge on any atom is -0.495 e. The molecule has 7 heteroatoms. The quantitative estimate of drug-likeness (QED) is 0.557. The minimum atomic E-state index is -0.303. The molecule has 0 atom stereocenters. The fourth-order valence-corrected chi connectivity index (χ4v) is 4.34. The van der Waals surface area contributed by atoms with Gasteiger partial charge in [0.25, 0.3) is 0 Å². The van der Waals surface area contributed by atoms with E-state index in [1.54, 1.807) is 28.8 Å². The van der Waals surface area contributed by atoms with Gasteiger partial charge in [-0.2, -0.15) is 0 Å². The minimum absolute atomic E-state index is 0.303. The molecule has 1 aliphatic rings. The Bertz CT molecular complexity index is 1010. The smallest absolute Gasteiger partial charge is 0.331 e. The second-order valence-corrected chi connectivity index (χ2v) is 7.48. The van der Waals surface area contributed by atoms with Crippen molar-refractivity contribution in [3.63, 3.8) is 0 Å². The van der Waals surface area contributed by atoms with E-state index >= 15 is 0 Å². The highest BCUT2D eigenvalue weighted by Crippen LogP contribution is 2.48. The number of anilines is 3. The fourth-order valence-electron chi connectivity index (χ4n) is 3.05. The summed E-state index contributed by atoms with van der Waals surface area (Å²) in [5.41, 5.74) is 2.12. The molecule has 1 N–H and O–H groups in total. The standard InChI is InChI=1S/C21H17ClN2O3S/c1-26-17-12-14(18(27-2)11-13(17)22)23-21(25)24-15-7-3-5-9-19(15)28-20-10-6-4-8-16(20)24/h3-12H,1-2H3,(H,23,25). The van der Waals surface area contributed by atoms with Crippen molar-refractivity contribution in [2.45, 2.75) is 9.79 Å². The summed E-state index contributed by atoms with van der Waals surface area (Å²) in [5, 5.41) is 3.33. The number of para-hydroxylation sites is 2. The van der Waals surface area contributed by atoms with E-state index in [0.29, 0.717) is 22.2 Å². The van der Waals surface area contributed by atoms with Crippen molar-refractivity contribution in [3.8, 4) is 11.5 Å². The van der Waals surface area contributed by atoms with Crippen LogP contribution in [0.3, 0.4) is 0 Å². The van der Waals surface area contributed by atoms with Gasteiger partial charge in [0.05, 0.1) is 36.3 Å². The summed E-state index contributed by atoms with van der Waals surface area (Å²) in [4.78, 5) is 17.0. The normalized spacial score (nSPS) is 12.0. The van der Waals surface area contributed by atoms with Crippen molar-refractivity contribution < 1.29 is 14.3 Å². The average Bonchev–Trinajstić information content (AvgIpc) is 2.72. The van der Waals surface area contributed by atoms with Crippen LogP contribution in [0.2, 0.25) is 5.02 Å². The van der Waals surface area contributed by atoms with Gasteiger partial charge in [0.2, 0.25) is 0 Å².